The summed E-state index contributed by atoms with van der Waals surface area (Å²) in [5, 5.41) is 3.28. The van der Waals surface area contributed by atoms with Gasteiger partial charge in [-0.1, -0.05) is 41.6 Å². The Balaban J connectivity index is 0.000000619. The summed E-state index contributed by atoms with van der Waals surface area (Å²) >= 11 is 5.81. The molecule has 32 heavy (non-hydrogen) atoms. The van der Waals surface area contributed by atoms with Crippen LogP contribution < -0.4 is 5.32 Å². The molecule has 0 spiro atoms. The molecular weight excluding hydrogens is 435 g/mol. The molecule has 0 atom stereocenters. The summed E-state index contributed by atoms with van der Waals surface area (Å²) < 4.78 is 39.9. The fourth-order valence-electron chi connectivity index (χ4n) is 2.31. The molecule has 3 aromatic carbocycles. The molecule has 3 rings (SSSR count). The minimum absolute atomic E-state index is 0.193. The van der Waals surface area contributed by atoms with Crippen LogP contribution in [0.1, 0.15) is 22.3 Å². The Labute approximate surface area is 192 Å². The van der Waals surface area contributed by atoms with Crippen molar-refractivity contribution in [1.29, 1.82) is 0 Å². The maximum atomic E-state index is 13.5. The molecule has 168 valence electrons. The van der Waals surface area contributed by atoms with Gasteiger partial charge in [0.15, 0.2) is 11.6 Å². The number of carbonyl (C=O) groups excluding carboxylic acids is 1. The molecule has 0 aliphatic heterocycles. The molecule has 0 fully saturated rings. The van der Waals surface area contributed by atoms with Crippen molar-refractivity contribution in [2.45, 2.75) is 13.8 Å². The van der Waals surface area contributed by atoms with Crippen LogP contribution in [0.5, 0.6) is 0 Å². The van der Waals surface area contributed by atoms with E-state index >= 15 is 0 Å². The first-order valence-corrected chi connectivity index (χ1v) is 9.64. The summed E-state index contributed by atoms with van der Waals surface area (Å²) in [4.78, 5) is 8.00. The molecule has 0 saturated heterocycles. The lowest BCUT2D eigenvalue weighted by Gasteiger charge is -2.03. The maximum Gasteiger partial charge on any atom is 0.150 e. The molecule has 0 unspecified atom stereocenters. The van der Waals surface area contributed by atoms with Crippen molar-refractivity contribution in [2.24, 2.45) is 0 Å². The zero-order chi connectivity index (χ0) is 24.7. The third-order valence-corrected chi connectivity index (χ3v) is 4.42. The largest absolute Gasteiger partial charge is 0.383 e. The van der Waals surface area contributed by atoms with Crippen molar-refractivity contribution >= 4 is 24.1 Å². The topological polar surface area (TPSA) is 29.1 Å². The lowest BCUT2D eigenvalue weighted by Crippen LogP contribution is -1.97. The molecule has 3 aromatic rings. The van der Waals surface area contributed by atoms with Gasteiger partial charge in [-0.15, -0.1) is 13.2 Å². The minimum atomic E-state index is -0.717. The Hall–Kier alpha value is -3.49. The van der Waals surface area contributed by atoms with E-state index in [1.165, 1.54) is 36.4 Å². The first-order chi connectivity index (χ1) is 15.3. The number of anilines is 1. The SMILES string of the molecule is C=C.C=O.CNc1c(F)cc(C#Cc2cccc(F)c2)cc1F.Cc1cccc(Cl)c1C. The summed E-state index contributed by atoms with van der Waals surface area (Å²) in [6, 6.07) is 13.9. The first-order valence-electron chi connectivity index (χ1n) is 9.26. The summed E-state index contributed by atoms with van der Waals surface area (Å²) in [5.74, 6) is 3.41. The quantitative estimate of drug-likeness (QED) is 0.310. The highest BCUT2D eigenvalue weighted by Crippen LogP contribution is 2.20. The molecular formula is C26H25ClF3NO. The highest BCUT2D eigenvalue weighted by molar-refractivity contribution is 6.31. The first kappa shape index (κ1) is 28.5. The van der Waals surface area contributed by atoms with E-state index in [1.807, 2.05) is 25.8 Å². The standard InChI is InChI=1S/C15H10F3N.C8H9Cl.C2H4.CH2O/c1-19-15-13(17)8-11(9-14(15)18)6-5-10-3-2-4-12(16)7-10;1-6-4-3-5-8(9)7(6)2;2*1-2/h2-4,7-9,19H,1H3;3-5H,1-2H3;1-2H2;1H2. The van der Waals surface area contributed by atoms with Crippen LogP contribution in [0.2, 0.25) is 5.02 Å². The average Bonchev–Trinajstić information content (AvgIpc) is 2.79. The van der Waals surface area contributed by atoms with Gasteiger partial charge in [0, 0.05) is 23.2 Å². The van der Waals surface area contributed by atoms with Gasteiger partial charge in [0.05, 0.1) is 0 Å². The van der Waals surface area contributed by atoms with Gasteiger partial charge in [-0.25, -0.2) is 13.2 Å². The van der Waals surface area contributed by atoms with Gasteiger partial charge in [-0.05, 0) is 61.4 Å². The third kappa shape index (κ3) is 9.11. The molecule has 1 N–H and O–H groups in total. The second-order valence-corrected chi connectivity index (χ2v) is 6.41. The van der Waals surface area contributed by atoms with Gasteiger partial charge >= 0.3 is 0 Å². The van der Waals surface area contributed by atoms with Crippen molar-refractivity contribution in [3.63, 3.8) is 0 Å². The molecule has 0 aromatic heterocycles. The lowest BCUT2D eigenvalue weighted by atomic mass is 10.1. The second-order valence-electron chi connectivity index (χ2n) is 6.01. The number of carbonyl (C=O) groups is 1. The Morgan fingerprint density at radius 3 is 1.84 bits per heavy atom. The number of benzene rings is 3. The van der Waals surface area contributed by atoms with Crippen LogP contribution in [-0.2, 0) is 4.79 Å². The predicted molar refractivity (Wildman–Crippen MR) is 128 cm³/mol. The Kier molecular flexibility index (Phi) is 13.7. The Bertz CT molecular complexity index is 1030. The van der Waals surface area contributed by atoms with E-state index in [1.54, 1.807) is 6.07 Å². The van der Waals surface area contributed by atoms with E-state index in [0.717, 1.165) is 17.2 Å². The number of hydrogen-bond donors (Lipinski definition) is 1. The molecule has 6 heteroatoms. The molecule has 0 amide bonds. The van der Waals surface area contributed by atoms with Crippen LogP contribution in [0.15, 0.2) is 67.8 Å². The monoisotopic (exact) mass is 459 g/mol. The summed E-state index contributed by atoms with van der Waals surface area (Å²) in [7, 11) is 1.43. The van der Waals surface area contributed by atoms with Crippen LogP contribution >= 0.6 is 11.6 Å². The maximum absolute atomic E-state index is 13.5. The summed E-state index contributed by atoms with van der Waals surface area (Å²) in [6.45, 7) is 12.1. The van der Waals surface area contributed by atoms with Gasteiger partial charge < -0.3 is 10.1 Å². The Morgan fingerprint density at radius 2 is 1.38 bits per heavy atom. The van der Waals surface area contributed by atoms with Crippen LogP contribution in [0.4, 0.5) is 18.9 Å². The van der Waals surface area contributed by atoms with Gasteiger partial charge in [0.25, 0.3) is 0 Å². The second kappa shape index (κ2) is 15.3. The number of nitrogens with one attached hydrogen (secondary N) is 1. The molecule has 0 aliphatic carbocycles. The molecule has 0 aliphatic rings. The zero-order valence-corrected chi connectivity index (χ0v) is 19.0. The van der Waals surface area contributed by atoms with Crippen molar-refractivity contribution in [1.82, 2.24) is 0 Å². The molecule has 0 radical (unpaired) electrons. The van der Waals surface area contributed by atoms with Crippen LogP contribution in [0.3, 0.4) is 0 Å². The van der Waals surface area contributed by atoms with Crippen LogP contribution in [-0.4, -0.2) is 13.8 Å². The number of halogens is 4. The third-order valence-electron chi connectivity index (χ3n) is 4.01. The summed E-state index contributed by atoms with van der Waals surface area (Å²) in [5.41, 5.74) is 2.87. The van der Waals surface area contributed by atoms with E-state index in [9.17, 15) is 13.2 Å². The molecule has 0 saturated carbocycles. The van der Waals surface area contributed by atoms with E-state index in [4.69, 9.17) is 16.4 Å². The zero-order valence-electron chi connectivity index (χ0n) is 18.2. The van der Waals surface area contributed by atoms with Crippen molar-refractivity contribution in [3.8, 4) is 11.8 Å². The normalized spacial score (nSPS) is 8.72. The van der Waals surface area contributed by atoms with Gasteiger partial charge in [0.1, 0.15) is 18.3 Å². The van der Waals surface area contributed by atoms with E-state index in [-0.39, 0.29) is 11.3 Å². The van der Waals surface area contributed by atoms with Crippen molar-refractivity contribution in [3.05, 3.63) is 112 Å². The van der Waals surface area contributed by atoms with Crippen molar-refractivity contribution in [2.75, 3.05) is 12.4 Å². The van der Waals surface area contributed by atoms with Crippen molar-refractivity contribution < 1.29 is 18.0 Å². The highest BCUT2D eigenvalue weighted by atomic mass is 35.5. The lowest BCUT2D eigenvalue weighted by molar-refractivity contribution is -0.0979. The smallest absolute Gasteiger partial charge is 0.150 e. The van der Waals surface area contributed by atoms with E-state index in [2.05, 4.69) is 43.3 Å². The minimum Gasteiger partial charge on any atom is -0.383 e. The average molecular weight is 460 g/mol. The fraction of sp³-hybridized carbons (Fsp3) is 0.115. The van der Waals surface area contributed by atoms with Gasteiger partial charge in [-0.3, -0.25) is 0 Å². The predicted octanol–water partition coefficient (Wildman–Crippen LogP) is 7.12. The summed E-state index contributed by atoms with van der Waals surface area (Å²) in [6.07, 6.45) is 0. The molecule has 2 nitrogen and oxygen atoms in total. The number of rotatable bonds is 1. The van der Waals surface area contributed by atoms with Crippen LogP contribution in [0, 0.1) is 43.1 Å². The van der Waals surface area contributed by atoms with Gasteiger partial charge in [0.2, 0.25) is 0 Å². The van der Waals surface area contributed by atoms with E-state index in [0.29, 0.717) is 5.56 Å². The Morgan fingerprint density at radius 1 is 0.844 bits per heavy atom. The molecule has 0 bridgehead atoms. The van der Waals surface area contributed by atoms with Crippen LogP contribution in [0.25, 0.3) is 0 Å². The van der Waals surface area contributed by atoms with E-state index < -0.39 is 17.5 Å². The number of hydrogen-bond acceptors (Lipinski definition) is 2. The fourth-order valence-corrected chi connectivity index (χ4v) is 2.53. The molecule has 0 heterocycles. The highest BCUT2D eigenvalue weighted by Gasteiger charge is 2.08. The van der Waals surface area contributed by atoms with Gasteiger partial charge in [-0.2, -0.15) is 0 Å². The number of aryl methyl sites for hydroxylation is 1.